The lowest BCUT2D eigenvalue weighted by molar-refractivity contribution is 0.409. The van der Waals surface area contributed by atoms with E-state index in [1.54, 1.807) is 13.2 Å². The number of aryl methyl sites for hydroxylation is 1. The fourth-order valence-electron chi connectivity index (χ4n) is 1.66. The molecule has 0 atom stereocenters. The molecular formula is C15H24IN3O. The fraction of sp³-hybridized carbons (Fsp3) is 0.400. The first-order valence-electron chi connectivity index (χ1n) is 6.47. The Hall–Kier alpha value is -1.24. The summed E-state index contributed by atoms with van der Waals surface area (Å²) in [6.07, 6.45) is 1.80. The lowest BCUT2D eigenvalue weighted by atomic mass is 10.1. The van der Waals surface area contributed by atoms with Crippen molar-refractivity contribution in [1.29, 1.82) is 0 Å². The SMILES string of the molecule is C=CCNC(=NCc1ccc(C)cc1OC)NCC.I. The van der Waals surface area contributed by atoms with Crippen LogP contribution in [0, 0.1) is 6.92 Å². The van der Waals surface area contributed by atoms with Crippen molar-refractivity contribution in [3.05, 3.63) is 42.0 Å². The maximum Gasteiger partial charge on any atom is 0.191 e. The monoisotopic (exact) mass is 389 g/mol. The summed E-state index contributed by atoms with van der Waals surface area (Å²) in [6.45, 7) is 9.87. The second kappa shape index (κ2) is 10.5. The molecule has 0 bridgehead atoms. The number of halogens is 1. The molecule has 0 saturated carbocycles. The maximum absolute atomic E-state index is 5.37. The third-order valence-electron chi connectivity index (χ3n) is 2.61. The van der Waals surface area contributed by atoms with Gasteiger partial charge in [-0.05, 0) is 25.5 Å². The Bertz CT molecular complexity index is 447. The Balaban J connectivity index is 0.00000361. The molecule has 0 aromatic heterocycles. The van der Waals surface area contributed by atoms with Crippen LogP contribution in [0.25, 0.3) is 0 Å². The van der Waals surface area contributed by atoms with E-state index in [4.69, 9.17) is 4.74 Å². The number of aliphatic imine (C=N–C) groups is 1. The second-order valence-corrected chi connectivity index (χ2v) is 4.18. The van der Waals surface area contributed by atoms with E-state index in [0.717, 1.165) is 23.8 Å². The molecule has 0 aliphatic heterocycles. The second-order valence-electron chi connectivity index (χ2n) is 4.18. The highest BCUT2D eigenvalue weighted by Crippen LogP contribution is 2.20. The molecule has 0 aliphatic carbocycles. The van der Waals surface area contributed by atoms with E-state index in [1.807, 2.05) is 19.9 Å². The van der Waals surface area contributed by atoms with Crippen molar-refractivity contribution in [2.45, 2.75) is 20.4 Å². The molecule has 1 aromatic rings. The van der Waals surface area contributed by atoms with Gasteiger partial charge in [-0.15, -0.1) is 30.6 Å². The Kier molecular flexibility index (Phi) is 9.88. The number of benzene rings is 1. The van der Waals surface area contributed by atoms with Gasteiger partial charge >= 0.3 is 0 Å². The Labute approximate surface area is 138 Å². The quantitative estimate of drug-likeness (QED) is 0.341. The number of rotatable bonds is 6. The van der Waals surface area contributed by atoms with E-state index >= 15 is 0 Å². The molecule has 0 saturated heterocycles. The summed E-state index contributed by atoms with van der Waals surface area (Å²) in [6, 6.07) is 6.14. The van der Waals surface area contributed by atoms with Crippen molar-refractivity contribution in [1.82, 2.24) is 10.6 Å². The minimum Gasteiger partial charge on any atom is -0.496 e. The van der Waals surface area contributed by atoms with Gasteiger partial charge in [0.1, 0.15) is 5.75 Å². The summed E-state index contributed by atoms with van der Waals surface area (Å²) in [7, 11) is 1.68. The van der Waals surface area contributed by atoms with Crippen molar-refractivity contribution in [3.63, 3.8) is 0 Å². The zero-order valence-corrected chi connectivity index (χ0v) is 14.7. The summed E-state index contributed by atoms with van der Waals surface area (Å²) >= 11 is 0. The van der Waals surface area contributed by atoms with Gasteiger partial charge < -0.3 is 15.4 Å². The highest BCUT2D eigenvalue weighted by molar-refractivity contribution is 14.0. The summed E-state index contributed by atoms with van der Waals surface area (Å²) in [4.78, 5) is 4.53. The van der Waals surface area contributed by atoms with Gasteiger partial charge in [0.25, 0.3) is 0 Å². The van der Waals surface area contributed by atoms with E-state index in [0.29, 0.717) is 13.1 Å². The van der Waals surface area contributed by atoms with Crippen molar-refractivity contribution < 1.29 is 4.74 Å². The van der Waals surface area contributed by atoms with E-state index < -0.39 is 0 Å². The van der Waals surface area contributed by atoms with E-state index in [2.05, 4.69) is 34.3 Å². The molecule has 20 heavy (non-hydrogen) atoms. The van der Waals surface area contributed by atoms with Gasteiger partial charge in [-0.3, -0.25) is 0 Å². The third kappa shape index (κ3) is 6.27. The number of methoxy groups -OCH3 is 1. The predicted octanol–water partition coefficient (Wildman–Crippen LogP) is 2.86. The highest BCUT2D eigenvalue weighted by atomic mass is 127. The Morgan fingerprint density at radius 2 is 2.15 bits per heavy atom. The smallest absolute Gasteiger partial charge is 0.191 e. The van der Waals surface area contributed by atoms with Gasteiger partial charge in [0.2, 0.25) is 0 Å². The first kappa shape index (κ1) is 18.8. The van der Waals surface area contributed by atoms with Crippen LogP contribution in [0.1, 0.15) is 18.1 Å². The fourth-order valence-corrected chi connectivity index (χ4v) is 1.66. The molecule has 1 aromatic carbocycles. The molecule has 0 spiro atoms. The standard InChI is InChI=1S/C15H23N3O.HI/c1-5-9-17-15(16-6-2)18-11-13-8-7-12(3)10-14(13)19-4;/h5,7-8,10H,1,6,9,11H2,2-4H3,(H2,16,17,18);1H. The number of guanidine groups is 1. The zero-order valence-electron chi connectivity index (χ0n) is 12.4. The summed E-state index contributed by atoms with van der Waals surface area (Å²) in [5.41, 5.74) is 2.25. The minimum absolute atomic E-state index is 0. The van der Waals surface area contributed by atoms with Crippen LogP contribution in [0.15, 0.2) is 35.8 Å². The van der Waals surface area contributed by atoms with Crippen LogP contribution in [0.4, 0.5) is 0 Å². The van der Waals surface area contributed by atoms with Crippen LogP contribution in [-0.2, 0) is 6.54 Å². The Morgan fingerprint density at radius 1 is 1.40 bits per heavy atom. The first-order chi connectivity index (χ1) is 9.21. The van der Waals surface area contributed by atoms with Crippen molar-refractivity contribution in [3.8, 4) is 5.75 Å². The predicted molar refractivity (Wildman–Crippen MR) is 96.2 cm³/mol. The van der Waals surface area contributed by atoms with Crippen molar-refractivity contribution in [2.24, 2.45) is 4.99 Å². The van der Waals surface area contributed by atoms with Crippen LogP contribution in [0.5, 0.6) is 5.75 Å². The largest absolute Gasteiger partial charge is 0.496 e. The molecule has 2 N–H and O–H groups in total. The number of hydrogen-bond acceptors (Lipinski definition) is 2. The molecule has 0 unspecified atom stereocenters. The number of nitrogens with one attached hydrogen (secondary N) is 2. The molecule has 0 aliphatic rings. The normalized spacial score (nSPS) is 10.4. The van der Waals surface area contributed by atoms with Gasteiger partial charge in [-0.2, -0.15) is 0 Å². The molecule has 5 heteroatoms. The lowest BCUT2D eigenvalue weighted by Gasteiger charge is -2.11. The molecule has 0 amide bonds. The van der Waals surface area contributed by atoms with Gasteiger partial charge in [0.05, 0.1) is 13.7 Å². The average molecular weight is 389 g/mol. The van der Waals surface area contributed by atoms with E-state index in [1.165, 1.54) is 5.56 Å². The van der Waals surface area contributed by atoms with Crippen LogP contribution in [0.3, 0.4) is 0 Å². The molecule has 0 radical (unpaired) electrons. The van der Waals surface area contributed by atoms with Crippen LogP contribution < -0.4 is 15.4 Å². The molecular weight excluding hydrogens is 365 g/mol. The summed E-state index contributed by atoms with van der Waals surface area (Å²) < 4.78 is 5.37. The number of hydrogen-bond donors (Lipinski definition) is 2. The zero-order chi connectivity index (χ0) is 14.1. The summed E-state index contributed by atoms with van der Waals surface area (Å²) in [5, 5.41) is 6.36. The van der Waals surface area contributed by atoms with E-state index in [9.17, 15) is 0 Å². The minimum atomic E-state index is 0. The van der Waals surface area contributed by atoms with E-state index in [-0.39, 0.29) is 24.0 Å². The number of nitrogens with zero attached hydrogens (tertiary/aromatic N) is 1. The summed E-state index contributed by atoms with van der Waals surface area (Å²) in [5.74, 6) is 1.66. The van der Waals surface area contributed by atoms with Gasteiger partial charge in [-0.1, -0.05) is 18.2 Å². The van der Waals surface area contributed by atoms with Crippen molar-refractivity contribution in [2.75, 3.05) is 20.2 Å². The molecule has 112 valence electrons. The Morgan fingerprint density at radius 3 is 2.75 bits per heavy atom. The third-order valence-corrected chi connectivity index (χ3v) is 2.61. The molecule has 0 heterocycles. The van der Waals surface area contributed by atoms with Crippen LogP contribution >= 0.6 is 24.0 Å². The average Bonchev–Trinajstić information content (AvgIpc) is 2.42. The van der Waals surface area contributed by atoms with Gasteiger partial charge in [0, 0.05) is 18.7 Å². The molecule has 4 nitrogen and oxygen atoms in total. The maximum atomic E-state index is 5.37. The van der Waals surface area contributed by atoms with Crippen LogP contribution in [0.2, 0.25) is 0 Å². The van der Waals surface area contributed by atoms with Gasteiger partial charge in [-0.25, -0.2) is 4.99 Å². The first-order valence-corrected chi connectivity index (χ1v) is 6.47. The van der Waals surface area contributed by atoms with Crippen LogP contribution in [-0.4, -0.2) is 26.2 Å². The van der Waals surface area contributed by atoms with Gasteiger partial charge in [0.15, 0.2) is 5.96 Å². The topological polar surface area (TPSA) is 45.7 Å². The number of ether oxygens (including phenoxy) is 1. The molecule has 1 rings (SSSR count). The lowest BCUT2D eigenvalue weighted by Crippen LogP contribution is -2.37. The van der Waals surface area contributed by atoms with Crippen molar-refractivity contribution >= 4 is 29.9 Å². The highest BCUT2D eigenvalue weighted by Gasteiger charge is 2.03. The molecule has 0 fully saturated rings.